The van der Waals surface area contributed by atoms with Gasteiger partial charge in [-0.25, -0.2) is 0 Å². The van der Waals surface area contributed by atoms with Gasteiger partial charge in [-0.3, -0.25) is 14.9 Å². The maximum Gasteiger partial charge on any atom is 0.270 e. The van der Waals surface area contributed by atoms with Gasteiger partial charge in [0, 0.05) is 21.4 Å². The van der Waals surface area contributed by atoms with Gasteiger partial charge in [0.2, 0.25) is 0 Å². The Morgan fingerprint density at radius 3 is 2.42 bits per heavy atom. The number of nitrogens with zero attached hydrogens (tertiary/aromatic N) is 1. The monoisotopic (exact) mass is 458 g/mol. The predicted molar refractivity (Wildman–Crippen MR) is 109 cm³/mol. The Morgan fingerprint density at radius 2 is 1.69 bits per heavy atom. The number of nitro groups is 1. The van der Waals surface area contributed by atoms with Crippen molar-refractivity contribution in [3.05, 3.63) is 103 Å². The zero-order valence-corrected chi connectivity index (χ0v) is 15.8. The van der Waals surface area contributed by atoms with Crippen LogP contribution in [0.5, 0.6) is 0 Å². The minimum absolute atomic E-state index is 0.104. The molecule has 3 aromatic carbocycles. The van der Waals surface area contributed by atoms with E-state index in [1.54, 1.807) is 6.07 Å². The molecule has 0 bridgehead atoms. The molecule has 0 spiro atoms. The van der Waals surface area contributed by atoms with Gasteiger partial charge in [-0.05, 0) is 52.3 Å². The van der Waals surface area contributed by atoms with Gasteiger partial charge in [-0.2, -0.15) is 0 Å². The summed E-state index contributed by atoms with van der Waals surface area (Å²) in [6.45, 7) is 0. The average Bonchev–Trinajstić information content (AvgIpc) is 2.64. The van der Waals surface area contributed by atoms with Crippen molar-refractivity contribution in [3.8, 4) is 0 Å². The Hall–Kier alpha value is -2.74. The number of anilines is 1. The summed E-state index contributed by atoms with van der Waals surface area (Å²) in [6.07, 6.45) is 0.684. The molecule has 0 aliphatic carbocycles. The van der Waals surface area contributed by atoms with Crippen molar-refractivity contribution in [2.24, 2.45) is 0 Å². The zero-order valence-electron chi connectivity index (χ0n) is 13.7. The first-order valence-electron chi connectivity index (χ1n) is 7.92. The number of carbonyl (C=O) groups excluding carboxylic acids is 1. The minimum Gasteiger partial charge on any atom is -0.322 e. The molecule has 0 saturated heterocycles. The summed E-state index contributed by atoms with van der Waals surface area (Å²) in [4.78, 5) is 23.1. The number of amides is 1. The third kappa shape index (κ3) is 4.26. The van der Waals surface area contributed by atoms with Gasteiger partial charge in [0.25, 0.3) is 11.6 Å². The molecule has 1 N–H and O–H groups in total. The smallest absolute Gasteiger partial charge is 0.270 e. The highest BCUT2D eigenvalue weighted by Gasteiger charge is 2.16. The number of non-ortho nitro benzene ring substituents is 1. The van der Waals surface area contributed by atoms with E-state index >= 15 is 0 Å². The van der Waals surface area contributed by atoms with Crippen LogP contribution in [0.1, 0.15) is 21.5 Å². The number of hydrogen-bond donors (Lipinski definition) is 1. The van der Waals surface area contributed by atoms with Gasteiger partial charge in [0.1, 0.15) is 0 Å². The number of nitrogens with one attached hydrogen (secondary N) is 1. The molecule has 0 saturated carbocycles. The molecule has 0 radical (unpaired) electrons. The fourth-order valence-corrected chi connectivity index (χ4v) is 3.18. The van der Waals surface area contributed by atoms with Crippen LogP contribution in [0.25, 0.3) is 0 Å². The molecule has 0 aliphatic rings. The van der Waals surface area contributed by atoms with Gasteiger partial charge in [0.05, 0.1) is 10.5 Å². The zero-order chi connectivity index (χ0) is 18.5. The molecule has 5 nitrogen and oxygen atoms in total. The van der Waals surface area contributed by atoms with Crippen LogP contribution >= 0.6 is 22.6 Å². The number of carbonyl (C=O) groups is 1. The molecule has 3 aromatic rings. The van der Waals surface area contributed by atoms with E-state index in [0.717, 1.165) is 11.1 Å². The number of benzene rings is 3. The van der Waals surface area contributed by atoms with Gasteiger partial charge >= 0.3 is 0 Å². The van der Waals surface area contributed by atoms with E-state index in [4.69, 9.17) is 0 Å². The molecule has 0 fully saturated rings. The first-order chi connectivity index (χ1) is 12.5. The summed E-state index contributed by atoms with van der Waals surface area (Å²) >= 11 is 2.00. The lowest BCUT2D eigenvalue weighted by molar-refractivity contribution is -0.384. The Bertz CT molecular complexity index is 958. The van der Waals surface area contributed by atoms with Gasteiger partial charge in [-0.1, -0.05) is 48.5 Å². The van der Waals surface area contributed by atoms with E-state index in [9.17, 15) is 14.9 Å². The van der Waals surface area contributed by atoms with Crippen molar-refractivity contribution in [1.29, 1.82) is 0 Å². The summed E-state index contributed by atoms with van der Waals surface area (Å²) < 4.78 is 0.659. The molecule has 0 unspecified atom stereocenters. The maximum absolute atomic E-state index is 12.7. The molecule has 130 valence electrons. The number of hydrogen-bond acceptors (Lipinski definition) is 3. The first-order valence-corrected chi connectivity index (χ1v) is 8.99. The number of para-hydroxylation sites is 1. The minimum atomic E-state index is -0.504. The largest absolute Gasteiger partial charge is 0.322 e. The van der Waals surface area contributed by atoms with E-state index in [-0.39, 0.29) is 17.2 Å². The van der Waals surface area contributed by atoms with E-state index in [2.05, 4.69) is 5.32 Å². The topological polar surface area (TPSA) is 72.2 Å². The van der Waals surface area contributed by atoms with Crippen LogP contribution in [0.3, 0.4) is 0 Å². The van der Waals surface area contributed by atoms with Gasteiger partial charge in [-0.15, -0.1) is 0 Å². The molecule has 0 aromatic heterocycles. The van der Waals surface area contributed by atoms with Crippen LogP contribution in [0, 0.1) is 13.7 Å². The number of rotatable bonds is 5. The molecule has 3 rings (SSSR count). The molecule has 26 heavy (non-hydrogen) atoms. The Kier molecular flexibility index (Phi) is 5.62. The predicted octanol–water partition coefficient (Wildman–Crippen LogP) is 5.04. The van der Waals surface area contributed by atoms with Crippen LogP contribution in [0.4, 0.5) is 11.4 Å². The maximum atomic E-state index is 12.7. The summed E-state index contributed by atoms with van der Waals surface area (Å²) in [6, 6.07) is 21.8. The molecule has 0 aliphatic heterocycles. The lowest BCUT2D eigenvalue weighted by Crippen LogP contribution is -2.15. The van der Waals surface area contributed by atoms with Crippen molar-refractivity contribution in [2.75, 3.05) is 5.32 Å². The Balaban J connectivity index is 1.87. The van der Waals surface area contributed by atoms with Crippen molar-refractivity contribution in [2.45, 2.75) is 6.42 Å². The third-order valence-corrected chi connectivity index (χ3v) is 4.85. The highest BCUT2D eigenvalue weighted by molar-refractivity contribution is 14.1. The summed E-state index contributed by atoms with van der Waals surface area (Å²) in [5.74, 6) is -0.362. The van der Waals surface area contributed by atoms with Crippen molar-refractivity contribution in [1.82, 2.24) is 0 Å². The normalized spacial score (nSPS) is 10.3. The quantitative estimate of drug-likeness (QED) is 0.331. The lowest BCUT2D eigenvalue weighted by atomic mass is 10.0. The standard InChI is InChI=1S/C20H15IN2O3/c21-18-11-10-16(23(25)26)13-17(18)20(24)22-19-9-5-4-8-15(19)12-14-6-2-1-3-7-14/h1-11,13H,12H2,(H,22,24). The molecule has 0 atom stereocenters. The SMILES string of the molecule is O=C(Nc1ccccc1Cc1ccccc1)c1cc([N+](=O)[O-])ccc1I. The van der Waals surface area contributed by atoms with Crippen molar-refractivity contribution in [3.63, 3.8) is 0 Å². The molecular formula is C20H15IN2O3. The second-order valence-electron chi connectivity index (χ2n) is 5.69. The fraction of sp³-hybridized carbons (Fsp3) is 0.0500. The third-order valence-electron chi connectivity index (χ3n) is 3.91. The van der Waals surface area contributed by atoms with Crippen LogP contribution in [0.15, 0.2) is 72.8 Å². The Labute approximate surface area is 164 Å². The average molecular weight is 458 g/mol. The second kappa shape index (κ2) is 8.09. The van der Waals surface area contributed by atoms with Crippen LogP contribution in [-0.2, 0) is 6.42 Å². The van der Waals surface area contributed by atoms with Gasteiger partial charge < -0.3 is 5.32 Å². The number of halogens is 1. The van der Waals surface area contributed by atoms with Crippen LogP contribution in [0.2, 0.25) is 0 Å². The first kappa shape index (κ1) is 18.1. The van der Waals surface area contributed by atoms with Gasteiger partial charge in [0.15, 0.2) is 0 Å². The fourth-order valence-electron chi connectivity index (χ4n) is 2.60. The van der Waals surface area contributed by atoms with E-state index in [1.165, 1.54) is 12.1 Å². The van der Waals surface area contributed by atoms with Crippen molar-refractivity contribution < 1.29 is 9.72 Å². The highest BCUT2D eigenvalue weighted by Crippen LogP contribution is 2.23. The molecular weight excluding hydrogens is 443 g/mol. The Morgan fingerprint density at radius 1 is 1.00 bits per heavy atom. The lowest BCUT2D eigenvalue weighted by Gasteiger charge is -2.12. The van der Waals surface area contributed by atoms with Crippen LogP contribution in [-0.4, -0.2) is 10.8 Å². The second-order valence-corrected chi connectivity index (χ2v) is 6.86. The molecule has 0 heterocycles. The van der Waals surface area contributed by atoms with Crippen molar-refractivity contribution >= 4 is 39.9 Å². The highest BCUT2D eigenvalue weighted by atomic mass is 127. The summed E-state index contributed by atoms with van der Waals surface area (Å²) in [5, 5.41) is 13.9. The molecule has 1 amide bonds. The number of nitro benzene ring substituents is 1. The van der Waals surface area contributed by atoms with Crippen LogP contribution < -0.4 is 5.32 Å². The molecule has 6 heteroatoms. The van der Waals surface area contributed by atoms with E-state index < -0.39 is 4.92 Å². The van der Waals surface area contributed by atoms with E-state index in [0.29, 0.717) is 15.7 Å². The summed E-state index contributed by atoms with van der Waals surface area (Å²) in [7, 11) is 0. The summed E-state index contributed by atoms with van der Waals surface area (Å²) in [5.41, 5.74) is 3.00. The van der Waals surface area contributed by atoms with E-state index in [1.807, 2.05) is 77.2 Å².